The molecule has 2 heterocycles. The SMILES string of the molecule is CN(C)CCCc1c[nH]c2ncccc12. The van der Waals surface area contributed by atoms with E-state index >= 15 is 0 Å². The maximum atomic E-state index is 4.28. The smallest absolute Gasteiger partial charge is 0.137 e. The van der Waals surface area contributed by atoms with Crippen molar-refractivity contribution in [1.82, 2.24) is 14.9 Å². The standard InChI is InChI=1S/C12H17N3/c1-15(2)8-4-5-10-9-14-12-11(10)6-3-7-13-12/h3,6-7,9H,4-5,8H2,1-2H3,(H,13,14). The molecular weight excluding hydrogens is 186 g/mol. The minimum absolute atomic E-state index is 0.998. The molecule has 0 radical (unpaired) electrons. The Hall–Kier alpha value is -1.35. The van der Waals surface area contributed by atoms with Crippen molar-refractivity contribution in [2.24, 2.45) is 0 Å². The zero-order valence-electron chi connectivity index (χ0n) is 9.33. The number of pyridine rings is 1. The number of nitrogens with one attached hydrogen (secondary N) is 1. The molecule has 0 amide bonds. The number of aromatic amines is 1. The monoisotopic (exact) mass is 203 g/mol. The molecule has 3 heteroatoms. The van der Waals surface area contributed by atoms with Gasteiger partial charge in [-0.05, 0) is 51.2 Å². The lowest BCUT2D eigenvalue weighted by atomic mass is 10.1. The Morgan fingerprint density at radius 2 is 2.27 bits per heavy atom. The number of H-pyrrole nitrogens is 1. The van der Waals surface area contributed by atoms with Gasteiger partial charge in [0.05, 0.1) is 0 Å². The van der Waals surface area contributed by atoms with Crippen LogP contribution >= 0.6 is 0 Å². The molecule has 0 fully saturated rings. The van der Waals surface area contributed by atoms with Crippen LogP contribution in [-0.4, -0.2) is 35.5 Å². The van der Waals surface area contributed by atoms with Gasteiger partial charge in [-0.1, -0.05) is 0 Å². The van der Waals surface area contributed by atoms with Gasteiger partial charge in [0.1, 0.15) is 5.65 Å². The van der Waals surface area contributed by atoms with Crippen LogP contribution in [-0.2, 0) is 6.42 Å². The fourth-order valence-electron chi connectivity index (χ4n) is 1.81. The van der Waals surface area contributed by atoms with E-state index in [2.05, 4.69) is 41.2 Å². The molecule has 0 aliphatic rings. The molecule has 0 aromatic carbocycles. The predicted molar refractivity (Wildman–Crippen MR) is 63.0 cm³/mol. The number of fused-ring (bicyclic) bond motifs is 1. The van der Waals surface area contributed by atoms with Crippen LogP contribution in [0.1, 0.15) is 12.0 Å². The lowest BCUT2D eigenvalue weighted by Gasteiger charge is -2.07. The third-order valence-corrected chi connectivity index (χ3v) is 2.59. The van der Waals surface area contributed by atoms with Crippen LogP contribution in [0.4, 0.5) is 0 Å². The van der Waals surface area contributed by atoms with E-state index in [9.17, 15) is 0 Å². The molecule has 1 N–H and O–H groups in total. The van der Waals surface area contributed by atoms with Crippen LogP contribution in [0.15, 0.2) is 24.5 Å². The van der Waals surface area contributed by atoms with Crippen LogP contribution in [0.25, 0.3) is 11.0 Å². The van der Waals surface area contributed by atoms with Crippen molar-refractivity contribution in [2.45, 2.75) is 12.8 Å². The normalized spacial score (nSPS) is 11.4. The molecule has 2 aromatic rings. The van der Waals surface area contributed by atoms with Crippen LogP contribution in [0.3, 0.4) is 0 Å². The average Bonchev–Trinajstić information content (AvgIpc) is 2.62. The Bertz CT molecular complexity index is 431. The Labute approximate surface area is 90.1 Å². The summed E-state index contributed by atoms with van der Waals surface area (Å²) in [7, 11) is 4.22. The molecule has 3 nitrogen and oxygen atoms in total. The van der Waals surface area contributed by atoms with Crippen LogP contribution in [0.5, 0.6) is 0 Å². The predicted octanol–water partition coefficient (Wildman–Crippen LogP) is 2.06. The van der Waals surface area contributed by atoms with Gasteiger partial charge in [0, 0.05) is 17.8 Å². The number of aryl methyl sites for hydroxylation is 1. The number of rotatable bonds is 4. The molecule has 0 saturated heterocycles. The summed E-state index contributed by atoms with van der Waals surface area (Å²) >= 11 is 0. The van der Waals surface area contributed by atoms with Gasteiger partial charge >= 0.3 is 0 Å². The van der Waals surface area contributed by atoms with E-state index in [1.54, 1.807) is 0 Å². The number of hydrogen-bond acceptors (Lipinski definition) is 2. The molecule has 15 heavy (non-hydrogen) atoms. The van der Waals surface area contributed by atoms with Crippen molar-refractivity contribution < 1.29 is 0 Å². The molecule has 0 spiro atoms. The fourth-order valence-corrected chi connectivity index (χ4v) is 1.81. The second-order valence-electron chi connectivity index (χ2n) is 4.12. The molecule has 0 unspecified atom stereocenters. The summed E-state index contributed by atoms with van der Waals surface area (Å²) in [5.74, 6) is 0. The Morgan fingerprint density at radius 3 is 3.07 bits per heavy atom. The van der Waals surface area contributed by atoms with Crippen molar-refractivity contribution in [3.63, 3.8) is 0 Å². The fraction of sp³-hybridized carbons (Fsp3) is 0.417. The first-order chi connectivity index (χ1) is 7.27. The molecular formula is C12H17N3. The van der Waals surface area contributed by atoms with E-state index in [-0.39, 0.29) is 0 Å². The van der Waals surface area contributed by atoms with E-state index in [4.69, 9.17) is 0 Å². The lowest BCUT2D eigenvalue weighted by molar-refractivity contribution is 0.400. The van der Waals surface area contributed by atoms with Crippen molar-refractivity contribution in [3.05, 3.63) is 30.1 Å². The first kappa shape index (κ1) is 10.2. The topological polar surface area (TPSA) is 31.9 Å². The minimum Gasteiger partial charge on any atom is -0.346 e. The molecule has 0 bridgehead atoms. The third-order valence-electron chi connectivity index (χ3n) is 2.59. The first-order valence-electron chi connectivity index (χ1n) is 5.33. The van der Waals surface area contributed by atoms with Gasteiger partial charge in [0.15, 0.2) is 0 Å². The number of aromatic nitrogens is 2. The van der Waals surface area contributed by atoms with Gasteiger partial charge in [0.25, 0.3) is 0 Å². The van der Waals surface area contributed by atoms with Crippen molar-refractivity contribution in [3.8, 4) is 0 Å². The molecule has 0 aliphatic carbocycles. The maximum absolute atomic E-state index is 4.28. The first-order valence-corrected chi connectivity index (χ1v) is 5.33. The van der Waals surface area contributed by atoms with Crippen LogP contribution < -0.4 is 0 Å². The second kappa shape index (κ2) is 4.45. The molecule has 2 aromatic heterocycles. The summed E-state index contributed by atoms with van der Waals surface area (Å²) in [6.45, 7) is 1.13. The Balaban J connectivity index is 2.08. The zero-order valence-corrected chi connectivity index (χ0v) is 9.33. The highest BCUT2D eigenvalue weighted by atomic mass is 15.0. The highest BCUT2D eigenvalue weighted by Crippen LogP contribution is 2.16. The van der Waals surface area contributed by atoms with Crippen molar-refractivity contribution in [1.29, 1.82) is 0 Å². The zero-order chi connectivity index (χ0) is 10.7. The van der Waals surface area contributed by atoms with Crippen molar-refractivity contribution in [2.75, 3.05) is 20.6 Å². The maximum Gasteiger partial charge on any atom is 0.137 e. The van der Waals surface area contributed by atoms with Gasteiger partial charge in [-0.2, -0.15) is 0 Å². The summed E-state index contributed by atoms with van der Waals surface area (Å²) in [4.78, 5) is 9.70. The largest absolute Gasteiger partial charge is 0.346 e. The van der Waals surface area contributed by atoms with Gasteiger partial charge in [-0.3, -0.25) is 0 Å². The van der Waals surface area contributed by atoms with Crippen LogP contribution in [0, 0.1) is 0 Å². The summed E-state index contributed by atoms with van der Waals surface area (Å²) in [5.41, 5.74) is 2.37. The summed E-state index contributed by atoms with van der Waals surface area (Å²) in [6.07, 6.45) is 6.20. The summed E-state index contributed by atoms with van der Waals surface area (Å²) < 4.78 is 0. The lowest BCUT2D eigenvalue weighted by Crippen LogP contribution is -2.13. The van der Waals surface area contributed by atoms with Gasteiger partial charge in [-0.15, -0.1) is 0 Å². The van der Waals surface area contributed by atoms with Crippen LogP contribution in [0.2, 0.25) is 0 Å². The van der Waals surface area contributed by atoms with Gasteiger partial charge in [0.2, 0.25) is 0 Å². The molecule has 2 rings (SSSR count). The van der Waals surface area contributed by atoms with Gasteiger partial charge < -0.3 is 9.88 Å². The number of hydrogen-bond donors (Lipinski definition) is 1. The molecule has 0 aliphatic heterocycles. The minimum atomic E-state index is 0.998. The summed E-state index contributed by atoms with van der Waals surface area (Å²) in [6, 6.07) is 4.12. The van der Waals surface area contributed by atoms with E-state index in [1.165, 1.54) is 17.4 Å². The molecule has 0 atom stereocenters. The molecule has 80 valence electrons. The Morgan fingerprint density at radius 1 is 1.40 bits per heavy atom. The van der Waals surface area contributed by atoms with Gasteiger partial charge in [-0.25, -0.2) is 4.98 Å². The van der Waals surface area contributed by atoms with E-state index in [0.29, 0.717) is 0 Å². The number of nitrogens with zero attached hydrogens (tertiary/aromatic N) is 2. The highest BCUT2D eigenvalue weighted by Gasteiger charge is 2.03. The summed E-state index contributed by atoms with van der Waals surface area (Å²) in [5, 5.41) is 1.26. The Kier molecular flexibility index (Phi) is 3.02. The third kappa shape index (κ3) is 2.36. The van der Waals surface area contributed by atoms with E-state index in [0.717, 1.165) is 18.6 Å². The second-order valence-corrected chi connectivity index (χ2v) is 4.12. The quantitative estimate of drug-likeness (QED) is 0.824. The van der Waals surface area contributed by atoms with E-state index < -0.39 is 0 Å². The van der Waals surface area contributed by atoms with E-state index in [1.807, 2.05) is 12.3 Å². The van der Waals surface area contributed by atoms with Crippen molar-refractivity contribution >= 4 is 11.0 Å². The average molecular weight is 203 g/mol. The highest BCUT2D eigenvalue weighted by molar-refractivity contribution is 5.79. The molecule has 0 saturated carbocycles.